The zero-order valence-corrected chi connectivity index (χ0v) is 18.9. The molecule has 4 atom stereocenters. The molecule has 3 aromatic rings. The Bertz CT molecular complexity index is 1240. The van der Waals surface area contributed by atoms with E-state index in [1.54, 1.807) is 6.07 Å². The van der Waals surface area contributed by atoms with Crippen molar-refractivity contribution in [2.75, 3.05) is 6.61 Å². The number of aromatic nitrogens is 3. The monoisotopic (exact) mass is 502 g/mol. The molecule has 3 aliphatic rings. The third-order valence-corrected chi connectivity index (χ3v) is 6.85. The molecule has 188 valence electrons. The fourth-order valence-electron chi connectivity index (χ4n) is 5.22. The lowest BCUT2D eigenvalue weighted by atomic mass is 9.72. The molecular formula is C25H22F4N4O3. The third kappa shape index (κ3) is 4.39. The minimum atomic E-state index is -4.52. The average molecular weight is 502 g/mol. The summed E-state index contributed by atoms with van der Waals surface area (Å²) in [5, 5.41) is 10.2. The normalized spacial score (nSPS) is 23.5. The van der Waals surface area contributed by atoms with Crippen LogP contribution in [0.3, 0.4) is 0 Å². The number of ether oxygens (including phenoxy) is 1. The van der Waals surface area contributed by atoms with Gasteiger partial charge in [0.2, 0.25) is 5.88 Å². The van der Waals surface area contributed by atoms with Gasteiger partial charge < -0.3 is 14.7 Å². The Labute approximate surface area is 203 Å². The first-order valence-electron chi connectivity index (χ1n) is 11.5. The lowest BCUT2D eigenvalue weighted by Gasteiger charge is -2.54. The fourth-order valence-corrected chi connectivity index (χ4v) is 5.22. The predicted octanol–water partition coefficient (Wildman–Crippen LogP) is 4.13. The average Bonchev–Trinajstić information content (AvgIpc) is 2.88. The smallest absolute Gasteiger partial charge is 0.417 e. The molecule has 0 radical (unpaired) electrons. The quantitative estimate of drug-likeness (QED) is 0.528. The lowest BCUT2D eigenvalue weighted by Crippen LogP contribution is -2.65. The number of aliphatic hydroxyl groups excluding tert-OH is 1. The van der Waals surface area contributed by atoms with Gasteiger partial charge in [-0.2, -0.15) is 13.2 Å². The number of alkyl halides is 3. The van der Waals surface area contributed by atoms with Gasteiger partial charge in [-0.25, -0.2) is 19.3 Å². The van der Waals surface area contributed by atoms with Crippen molar-refractivity contribution < 1.29 is 32.2 Å². The van der Waals surface area contributed by atoms with Gasteiger partial charge in [0.1, 0.15) is 11.9 Å². The van der Waals surface area contributed by atoms with E-state index in [-0.39, 0.29) is 35.4 Å². The van der Waals surface area contributed by atoms with Gasteiger partial charge in [-0.3, -0.25) is 4.79 Å². The summed E-state index contributed by atoms with van der Waals surface area (Å²) < 4.78 is 59.5. The number of carbonyl (C=O) groups excluding carboxylic acids is 1. The van der Waals surface area contributed by atoms with Crippen molar-refractivity contribution in [3.05, 3.63) is 71.9 Å². The summed E-state index contributed by atoms with van der Waals surface area (Å²) in [6.07, 6.45) is 0.340. The Balaban J connectivity index is 1.46. The third-order valence-electron chi connectivity index (χ3n) is 6.85. The highest BCUT2D eigenvalue weighted by molar-refractivity contribution is 6.00. The molecule has 1 aromatic carbocycles. The molecule has 1 amide bonds. The summed E-state index contributed by atoms with van der Waals surface area (Å²) in [6, 6.07) is 6.75. The van der Waals surface area contributed by atoms with Gasteiger partial charge in [-0.15, -0.1) is 0 Å². The summed E-state index contributed by atoms with van der Waals surface area (Å²) in [7, 11) is 0. The van der Waals surface area contributed by atoms with E-state index in [0.717, 1.165) is 18.6 Å². The van der Waals surface area contributed by atoms with Crippen LogP contribution in [0.4, 0.5) is 17.6 Å². The van der Waals surface area contributed by atoms with Crippen LogP contribution in [-0.2, 0) is 6.18 Å². The molecule has 2 saturated heterocycles. The number of benzene rings is 1. The number of amides is 1. The van der Waals surface area contributed by atoms with E-state index in [1.165, 1.54) is 35.5 Å². The number of piperidine rings is 2. The Kier molecular flexibility index (Phi) is 6.33. The summed E-state index contributed by atoms with van der Waals surface area (Å²) in [5.74, 6) is -1.19. The van der Waals surface area contributed by atoms with E-state index in [9.17, 15) is 27.5 Å². The molecule has 11 heteroatoms. The zero-order chi connectivity index (χ0) is 25.4. The Morgan fingerprint density at radius 2 is 1.86 bits per heavy atom. The molecule has 4 heterocycles. The number of halogens is 4. The van der Waals surface area contributed by atoms with Crippen molar-refractivity contribution in [2.45, 2.75) is 43.6 Å². The summed E-state index contributed by atoms with van der Waals surface area (Å²) >= 11 is 0. The molecule has 6 rings (SSSR count). The van der Waals surface area contributed by atoms with Crippen LogP contribution in [0.15, 0.2) is 55.0 Å². The van der Waals surface area contributed by atoms with Crippen LogP contribution >= 0.6 is 0 Å². The lowest BCUT2D eigenvalue weighted by molar-refractivity contribution is -0.137. The molecule has 7 nitrogen and oxygen atoms in total. The van der Waals surface area contributed by atoms with Gasteiger partial charge in [0, 0.05) is 24.7 Å². The van der Waals surface area contributed by atoms with Crippen LogP contribution in [0.5, 0.6) is 5.88 Å². The van der Waals surface area contributed by atoms with Crippen LogP contribution < -0.4 is 4.74 Å². The second-order valence-electron chi connectivity index (χ2n) is 8.88. The first kappa shape index (κ1) is 24.1. The number of hydrogen-bond donors (Lipinski definition) is 1. The van der Waals surface area contributed by atoms with Crippen LogP contribution in [0.2, 0.25) is 0 Å². The van der Waals surface area contributed by atoms with E-state index in [1.807, 2.05) is 0 Å². The second-order valence-corrected chi connectivity index (χ2v) is 8.88. The molecule has 3 fully saturated rings. The summed E-state index contributed by atoms with van der Waals surface area (Å²) in [4.78, 5) is 27.4. The van der Waals surface area contributed by atoms with Crippen molar-refractivity contribution in [2.24, 2.45) is 5.92 Å². The minimum absolute atomic E-state index is 0.0117. The molecule has 1 N–H and O–H groups in total. The van der Waals surface area contributed by atoms with Crippen LogP contribution in [0.1, 0.15) is 35.2 Å². The topological polar surface area (TPSA) is 88.4 Å². The molecular weight excluding hydrogens is 480 g/mol. The highest BCUT2D eigenvalue weighted by Gasteiger charge is 2.50. The van der Waals surface area contributed by atoms with Gasteiger partial charge in [0.15, 0.2) is 5.82 Å². The molecule has 0 spiro atoms. The second kappa shape index (κ2) is 9.45. The van der Waals surface area contributed by atoms with Crippen molar-refractivity contribution in [3.8, 4) is 17.3 Å². The summed E-state index contributed by atoms with van der Waals surface area (Å²) in [5.41, 5.74) is -0.874. The van der Waals surface area contributed by atoms with Gasteiger partial charge in [-0.05, 0) is 49.4 Å². The molecule has 0 unspecified atom stereocenters. The zero-order valence-electron chi connectivity index (χ0n) is 18.9. The molecule has 1 saturated carbocycles. The number of fused-ring (bicyclic) bond motifs is 3. The first-order chi connectivity index (χ1) is 17.3. The van der Waals surface area contributed by atoms with E-state index in [4.69, 9.17) is 4.74 Å². The molecule has 1 aliphatic carbocycles. The Morgan fingerprint density at radius 3 is 2.53 bits per heavy atom. The maximum Gasteiger partial charge on any atom is 0.417 e. The van der Waals surface area contributed by atoms with Crippen molar-refractivity contribution in [1.82, 2.24) is 19.9 Å². The largest absolute Gasteiger partial charge is 0.472 e. The van der Waals surface area contributed by atoms with E-state index < -0.39 is 41.7 Å². The Hall–Kier alpha value is -3.60. The maximum atomic E-state index is 14.9. The fraction of sp³-hybridized carbons (Fsp3) is 0.360. The number of pyridine rings is 1. The molecule has 2 bridgehead atoms. The number of aliphatic hydroxyl groups is 1. The number of rotatable bonds is 5. The van der Waals surface area contributed by atoms with Crippen molar-refractivity contribution >= 4 is 5.91 Å². The highest BCUT2D eigenvalue weighted by Crippen LogP contribution is 2.42. The maximum absolute atomic E-state index is 14.9. The standard InChI is InChI=1S/C25H22F4N4O3/c26-17-4-1-3-16(22(17)23-30-9-2-10-31-23)24(35)33-18-7-5-14(19(33)13-34)11-20(18)36-21-8-6-15(12-32-21)25(27,28)29/h1-4,6,8-10,12,14,18-20,34H,5,7,11,13H2/t14-,18+,19-,20-/m1/s1. The predicted molar refractivity (Wildman–Crippen MR) is 119 cm³/mol. The molecule has 36 heavy (non-hydrogen) atoms. The minimum Gasteiger partial charge on any atom is -0.472 e. The van der Waals surface area contributed by atoms with Gasteiger partial charge >= 0.3 is 6.18 Å². The van der Waals surface area contributed by atoms with E-state index >= 15 is 0 Å². The molecule has 2 aromatic heterocycles. The number of nitrogens with zero attached hydrogens (tertiary/aromatic N) is 4. The van der Waals surface area contributed by atoms with E-state index in [2.05, 4.69) is 15.0 Å². The van der Waals surface area contributed by atoms with Crippen LogP contribution in [0, 0.1) is 11.7 Å². The van der Waals surface area contributed by atoms with Gasteiger partial charge in [0.25, 0.3) is 5.91 Å². The highest BCUT2D eigenvalue weighted by atomic mass is 19.4. The van der Waals surface area contributed by atoms with Crippen molar-refractivity contribution in [3.63, 3.8) is 0 Å². The first-order valence-corrected chi connectivity index (χ1v) is 11.5. The molecule has 2 aliphatic heterocycles. The van der Waals surface area contributed by atoms with Gasteiger partial charge in [-0.1, -0.05) is 6.07 Å². The van der Waals surface area contributed by atoms with Crippen LogP contribution in [-0.4, -0.2) is 55.7 Å². The Morgan fingerprint density at radius 1 is 1.08 bits per heavy atom. The van der Waals surface area contributed by atoms with Crippen molar-refractivity contribution in [1.29, 1.82) is 0 Å². The SMILES string of the molecule is O=C(c1cccc(F)c1-c1ncccn1)N1[C@H](CO)[C@@H]2CC[C@H]1[C@H](Oc1ccc(C(F)(F)F)cn1)C2. The van der Waals surface area contributed by atoms with E-state index in [0.29, 0.717) is 19.0 Å². The van der Waals surface area contributed by atoms with Gasteiger partial charge in [0.05, 0.1) is 35.4 Å². The number of carbonyl (C=O) groups is 1. The summed E-state index contributed by atoms with van der Waals surface area (Å²) in [6.45, 7) is -0.287. The van der Waals surface area contributed by atoms with Crippen LogP contribution in [0.25, 0.3) is 11.4 Å². The number of hydrogen-bond acceptors (Lipinski definition) is 6.